The number of likely N-dealkylation sites (N-methyl/N-ethyl adjacent to an activating group) is 2. The highest BCUT2D eigenvalue weighted by Crippen LogP contribution is 2.65. The molecule has 194 valence electrons. The second-order valence-corrected chi connectivity index (χ2v) is 13.7. The van der Waals surface area contributed by atoms with Gasteiger partial charge < -0.3 is 4.90 Å². The molecular formula is C32H50N2O. The number of carbonyl (C=O) groups is 1. The smallest absolute Gasteiger partial charge is 0.153 e. The lowest BCUT2D eigenvalue weighted by atomic mass is 9.50. The first kappa shape index (κ1) is 25.5. The fraction of sp³-hybridized carbons (Fsp3) is 0.781. The van der Waals surface area contributed by atoms with Crippen LogP contribution in [-0.2, 0) is 4.79 Å². The van der Waals surface area contributed by atoms with Crippen LogP contribution < -0.4 is 0 Å². The van der Waals surface area contributed by atoms with Gasteiger partial charge in [0.2, 0.25) is 0 Å². The predicted octanol–water partition coefficient (Wildman–Crippen LogP) is 6.66. The fourth-order valence-electron chi connectivity index (χ4n) is 9.47. The lowest BCUT2D eigenvalue weighted by Gasteiger charge is -2.55. The van der Waals surface area contributed by atoms with Gasteiger partial charge in [0.05, 0.1) is 6.04 Å². The molecule has 0 amide bonds. The first-order valence-corrected chi connectivity index (χ1v) is 14.5. The Morgan fingerprint density at radius 3 is 2.51 bits per heavy atom. The summed E-state index contributed by atoms with van der Waals surface area (Å²) in [5, 5.41) is 0. The van der Waals surface area contributed by atoms with Gasteiger partial charge in [0, 0.05) is 19.0 Å². The monoisotopic (exact) mass is 478 g/mol. The van der Waals surface area contributed by atoms with Gasteiger partial charge in [-0.15, -0.1) is 0 Å². The van der Waals surface area contributed by atoms with E-state index in [-0.39, 0.29) is 17.4 Å². The minimum absolute atomic E-state index is 0.125. The molecule has 3 nitrogen and oxygen atoms in total. The second-order valence-electron chi connectivity index (χ2n) is 13.7. The Morgan fingerprint density at radius 2 is 1.80 bits per heavy atom. The van der Waals surface area contributed by atoms with E-state index in [1.165, 1.54) is 51.5 Å². The summed E-state index contributed by atoms with van der Waals surface area (Å²) in [5.41, 5.74) is 7.22. The molecule has 0 aromatic heterocycles. The summed E-state index contributed by atoms with van der Waals surface area (Å²) in [4.78, 5) is 18.1. The summed E-state index contributed by atoms with van der Waals surface area (Å²) < 4.78 is 0. The van der Waals surface area contributed by atoms with Crippen molar-refractivity contribution in [1.29, 1.82) is 0 Å². The van der Waals surface area contributed by atoms with E-state index >= 15 is 0 Å². The third kappa shape index (κ3) is 4.13. The van der Waals surface area contributed by atoms with Crippen LogP contribution in [0.3, 0.4) is 0 Å². The molecule has 0 spiro atoms. The Hall–Kier alpha value is -1.19. The van der Waals surface area contributed by atoms with Gasteiger partial charge in [0.1, 0.15) is 0 Å². The van der Waals surface area contributed by atoms with Gasteiger partial charge in [0.25, 0.3) is 0 Å². The molecule has 2 fully saturated rings. The van der Waals surface area contributed by atoms with Gasteiger partial charge in [-0.25, -0.2) is 0 Å². The van der Waals surface area contributed by atoms with Gasteiger partial charge in [-0.1, -0.05) is 49.6 Å². The summed E-state index contributed by atoms with van der Waals surface area (Å²) in [6.45, 7) is 12.2. The highest BCUT2D eigenvalue weighted by Gasteiger charge is 2.57. The first-order valence-electron chi connectivity index (χ1n) is 14.5. The van der Waals surface area contributed by atoms with Crippen LogP contribution in [0.2, 0.25) is 0 Å². The lowest BCUT2D eigenvalue weighted by molar-refractivity contribution is -0.135. The van der Waals surface area contributed by atoms with E-state index in [9.17, 15) is 4.79 Å². The summed E-state index contributed by atoms with van der Waals surface area (Å²) in [7, 11) is 6.41. The molecule has 1 heterocycles. The predicted molar refractivity (Wildman–Crippen MR) is 146 cm³/mol. The number of rotatable bonds is 4. The summed E-state index contributed by atoms with van der Waals surface area (Å²) >= 11 is 0. The van der Waals surface area contributed by atoms with Crippen LogP contribution in [0.5, 0.6) is 0 Å². The number of ketones is 1. The van der Waals surface area contributed by atoms with Crippen molar-refractivity contribution in [2.45, 2.75) is 91.5 Å². The highest BCUT2D eigenvalue weighted by atomic mass is 16.1. The van der Waals surface area contributed by atoms with Crippen LogP contribution in [0, 0.1) is 34.5 Å². The number of Topliss-reactive ketones (excluding diaryl/α,β-unsaturated/α-hetero) is 1. The standard InChI is InChI=1S/C32H50N2O/c1-21(8-9-23-16-19-34(7)20-22(23)2)25-12-13-26-24-10-11-28-30(35)29(33(5)6)15-18-32(28,4)27(24)14-17-31(25,26)3/h8-9,21,25-26,28-29H,10-20H2,1-7H3/b9-8+/t21-,25-,26+,28?,29+,31-,32-/m1/s1. The SMILES string of the molecule is CC1=C(/C=C/[C@@H](C)[C@H]2CC[C@H]3C4=C(CC[C@]23C)[C@@]2(C)CC[C@H](N(C)C)C(=O)C2CC4)CCN(C)C1. The molecule has 0 aromatic carbocycles. The number of allylic oxidation sites excluding steroid dienone is 4. The van der Waals surface area contributed by atoms with Crippen LogP contribution in [0.1, 0.15) is 85.5 Å². The third-order valence-corrected chi connectivity index (χ3v) is 11.6. The van der Waals surface area contributed by atoms with Gasteiger partial charge >= 0.3 is 0 Å². The fourth-order valence-corrected chi connectivity index (χ4v) is 9.47. The maximum absolute atomic E-state index is 13.5. The van der Waals surface area contributed by atoms with Crippen LogP contribution >= 0.6 is 0 Å². The number of hydrogen-bond donors (Lipinski definition) is 0. The minimum Gasteiger partial charge on any atom is -0.302 e. The van der Waals surface area contributed by atoms with Crippen molar-refractivity contribution in [3.05, 3.63) is 34.4 Å². The average Bonchev–Trinajstić information content (AvgIpc) is 3.15. The van der Waals surface area contributed by atoms with Gasteiger partial charge in [-0.3, -0.25) is 9.69 Å². The molecule has 3 heteroatoms. The molecular weight excluding hydrogens is 428 g/mol. The van der Waals surface area contributed by atoms with Crippen LogP contribution in [0.15, 0.2) is 34.4 Å². The molecule has 5 aliphatic rings. The van der Waals surface area contributed by atoms with E-state index < -0.39 is 0 Å². The highest BCUT2D eigenvalue weighted by molar-refractivity contribution is 5.88. The van der Waals surface area contributed by atoms with Crippen molar-refractivity contribution in [2.24, 2.45) is 34.5 Å². The molecule has 0 radical (unpaired) electrons. The molecule has 0 bridgehead atoms. The Morgan fingerprint density at radius 1 is 1.03 bits per heavy atom. The normalized spacial score (nSPS) is 41.4. The molecule has 2 saturated carbocycles. The van der Waals surface area contributed by atoms with Gasteiger partial charge in [-0.05, 0) is 120 Å². The van der Waals surface area contributed by atoms with Crippen LogP contribution in [0.25, 0.3) is 0 Å². The quantitative estimate of drug-likeness (QED) is 0.422. The number of fused-ring (bicyclic) bond motifs is 4. The maximum Gasteiger partial charge on any atom is 0.153 e. The second kappa shape index (κ2) is 9.28. The molecule has 35 heavy (non-hydrogen) atoms. The van der Waals surface area contributed by atoms with Gasteiger partial charge in [-0.2, -0.15) is 0 Å². The summed E-state index contributed by atoms with van der Waals surface area (Å²) in [5.74, 6) is 2.94. The first-order chi connectivity index (χ1) is 16.6. The topological polar surface area (TPSA) is 23.6 Å². The van der Waals surface area contributed by atoms with E-state index in [0.717, 1.165) is 31.2 Å². The molecule has 0 N–H and O–H groups in total. The largest absolute Gasteiger partial charge is 0.302 e. The zero-order chi connectivity index (χ0) is 25.1. The van der Waals surface area contributed by atoms with E-state index in [1.807, 2.05) is 0 Å². The Balaban J connectivity index is 1.36. The van der Waals surface area contributed by atoms with Crippen molar-refractivity contribution in [1.82, 2.24) is 9.80 Å². The van der Waals surface area contributed by atoms with Crippen LogP contribution in [-0.4, -0.2) is 55.9 Å². The summed E-state index contributed by atoms with van der Waals surface area (Å²) in [6.07, 6.45) is 16.0. The van der Waals surface area contributed by atoms with Crippen LogP contribution in [0.4, 0.5) is 0 Å². The van der Waals surface area contributed by atoms with Crippen molar-refractivity contribution in [3.8, 4) is 0 Å². The van der Waals surface area contributed by atoms with Gasteiger partial charge in [0.15, 0.2) is 5.78 Å². The Labute approximate surface area is 215 Å². The number of carbonyl (C=O) groups excluding carboxylic acids is 1. The van der Waals surface area contributed by atoms with Crippen molar-refractivity contribution >= 4 is 5.78 Å². The Kier molecular flexibility index (Phi) is 6.75. The number of hydrogen-bond acceptors (Lipinski definition) is 3. The molecule has 0 aromatic rings. The molecule has 5 rings (SSSR count). The molecule has 7 atom stereocenters. The minimum atomic E-state index is 0.125. The summed E-state index contributed by atoms with van der Waals surface area (Å²) in [6, 6.07) is 0.135. The lowest BCUT2D eigenvalue weighted by Crippen LogP contribution is -2.53. The molecule has 1 aliphatic heterocycles. The molecule has 0 saturated heterocycles. The average molecular weight is 479 g/mol. The zero-order valence-electron chi connectivity index (χ0n) is 23.6. The van der Waals surface area contributed by atoms with E-state index in [4.69, 9.17) is 0 Å². The number of nitrogens with zero attached hydrogens (tertiary/aromatic N) is 2. The van der Waals surface area contributed by atoms with Crippen molar-refractivity contribution < 1.29 is 4.79 Å². The van der Waals surface area contributed by atoms with E-state index in [1.54, 1.807) is 22.3 Å². The van der Waals surface area contributed by atoms with E-state index in [0.29, 0.717) is 17.1 Å². The third-order valence-electron chi connectivity index (χ3n) is 11.6. The molecule has 1 unspecified atom stereocenters. The maximum atomic E-state index is 13.5. The Bertz CT molecular complexity index is 957. The zero-order valence-corrected chi connectivity index (χ0v) is 23.6. The van der Waals surface area contributed by atoms with E-state index in [2.05, 4.69) is 70.8 Å². The van der Waals surface area contributed by atoms with Crippen molar-refractivity contribution in [3.63, 3.8) is 0 Å². The molecule has 4 aliphatic carbocycles. The van der Waals surface area contributed by atoms with Crippen molar-refractivity contribution in [2.75, 3.05) is 34.2 Å².